The van der Waals surface area contributed by atoms with Crippen LogP contribution in [0.15, 0.2) is 54.7 Å². The van der Waals surface area contributed by atoms with Crippen molar-refractivity contribution >= 4 is 10.9 Å². The normalized spacial score (nSPS) is 10.7. The third-order valence-electron chi connectivity index (χ3n) is 3.11. The number of phenols is 1. The summed E-state index contributed by atoms with van der Waals surface area (Å²) in [5, 5.41) is 10.6. The third-order valence-corrected chi connectivity index (χ3v) is 3.11. The van der Waals surface area contributed by atoms with Crippen LogP contribution >= 0.6 is 0 Å². The molecule has 1 aromatic heterocycles. The van der Waals surface area contributed by atoms with E-state index in [-0.39, 0.29) is 5.75 Å². The van der Waals surface area contributed by atoms with Gasteiger partial charge in [-0.2, -0.15) is 0 Å². The van der Waals surface area contributed by atoms with Gasteiger partial charge in [0.15, 0.2) is 0 Å². The van der Waals surface area contributed by atoms with E-state index < -0.39 is 0 Å². The number of aryl methyl sites for hydroxylation is 1. The second kappa shape index (κ2) is 5.21. The fourth-order valence-electron chi connectivity index (χ4n) is 2.19. The Labute approximate surface area is 117 Å². The van der Waals surface area contributed by atoms with Crippen molar-refractivity contribution in [3.8, 4) is 11.5 Å². The number of nitrogens with zero attached hydrogens (tertiary/aromatic N) is 1. The summed E-state index contributed by atoms with van der Waals surface area (Å²) in [4.78, 5) is 4.29. The lowest BCUT2D eigenvalue weighted by molar-refractivity contribution is 0.304. The highest BCUT2D eigenvalue weighted by molar-refractivity contribution is 5.78. The number of rotatable bonds is 3. The Balaban J connectivity index is 1.79. The Morgan fingerprint density at radius 3 is 2.85 bits per heavy atom. The molecule has 0 atom stereocenters. The molecule has 20 heavy (non-hydrogen) atoms. The van der Waals surface area contributed by atoms with Crippen molar-refractivity contribution in [2.24, 2.45) is 0 Å². The van der Waals surface area contributed by atoms with Crippen molar-refractivity contribution in [1.29, 1.82) is 0 Å². The van der Waals surface area contributed by atoms with Gasteiger partial charge in [-0.3, -0.25) is 4.98 Å². The first-order valence-corrected chi connectivity index (χ1v) is 6.48. The highest BCUT2D eigenvalue weighted by atomic mass is 16.5. The van der Waals surface area contributed by atoms with Gasteiger partial charge in [-0.05, 0) is 48.4 Å². The average Bonchev–Trinajstić information content (AvgIpc) is 2.44. The molecule has 0 aliphatic carbocycles. The van der Waals surface area contributed by atoms with E-state index in [4.69, 9.17) is 4.74 Å². The van der Waals surface area contributed by atoms with Crippen molar-refractivity contribution in [2.45, 2.75) is 13.5 Å². The first kappa shape index (κ1) is 12.5. The van der Waals surface area contributed by atoms with Crippen molar-refractivity contribution in [1.82, 2.24) is 4.98 Å². The van der Waals surface area contributed by atoms with Crippen molar-refractivity contribution < 1.29 is 9.84 Å². The minimum Gasteiger partial charge on any atom is -0.508 e. The summed E-state index contributed by atoms with van der Waals surface area (Å²) in [5.41, 5.74) is 3.03. The van der Waals surface area contributed by atoms with Crippen LogP contribution in [0, 0.1) is 6.92 Å². The van der Waals surface area contributed by atoms with E-state index in [0.29, 0.717) is 12.4 Å². The summed E-state index contributed by atoms with van der Waals surface area (Å²) >= 11 is 0. The van der Waals surface area contributed by atoms with Crippen LogP contribution in [0.3, 0.4) is 0 Å². The maximum atomic E-state index is 9.54. The van der Waals surface area contributed by atoms with Crippen molar-refractivity contribution in [3.05, 3.63) is 65.9 Å². The summed E-state index contributed by atoms with van der Waals surface area (Å²) in [6, 6.07) is 15.2. The van der Waals surface area contributed by atoms with E-state index >= 15 is 0 Å². The number of aromatic nitrogens is 1. The summed E-state index contributed by atoms with van der Waals surface area (Å²) in [6.45, 7) is 2.39. The molecule has 1 heterocycles. The monoisotopic (exact) mass is 265 g/mol. The van der Waals surface area contributed by atoms with E-state index in [1.807, 2.05) is 37.3 Å². The number of fused-ring (bicyclic) bond motifs is 1. The molecule has 100 valence electrons. The summed E-state index contributed by atoms with van der Waals surface area (Å²) in [7, 11) is 0. The van der Waals surface area contributed by atoms with Gasteiger partial charge >= 0.3 is 0 Å². The summed E-state index contributed by atoms with van der Waals surface area (Å²) in [5.74, 6) is 0.900. The average molecular weight is 265 g/mol. The van der Waals surface area contributed by atoms with Crippen LogP contribution in [0.2, 0.25) is 0 Å². The zero-order chi connectivity index (χ0) is 13.9. The van der Waals surface area contributed by atoms with E-state index in [2.05, 4.69) is 11.1 Å². The van der Waals surface area contributed by atoms with Gasteiger partial charge in [0.05, 0.1) is 5.52 Å². The molecule has 3 rings (SSSR count). The van der Waals surface area contributed by atoms with Gasteiger partial charge in [-0.15, -0.1) is 0 Å². The lowest BCUT2D eigenvalue weighted by Crippen LogP contribution is -1.96. The maximum absolute atomic E-state index is 9.54. The minimum atomic E-state index is 0.225. The molecule has 0 unspecified atom stereocenters. The second-order valence-corrected chi connectivity index (χ2v) is 4.82. The van der Waals surface area contributed by atoms with Crippen LogP contribution in [0.1, 0.15) is 11.1 Å². The van der Waals surface area contributed by atoms with E-state index in [1.165, 1.54) is 0 Å². The predicted molar refractivity (Wildman–Crippen MR) is 78.9 cm³/mol. The van der Waals surface area contributed by atoms with E-state index in [0.717, 1.165) is 22.0 Å². The molecule has 0 saturated heterocycles. The molecule has 0 saturated carbocycles. The maximum Gasteiger partial charge on any atom is 0.123 e. The summed E-state index contributed by atoms with van der Waals surface area (Å²) in [6.07, 6.45) is 1.79. The molecule has 3 nitrogen and oxygen atoms in total. The highest BCUT2D eigenvalue weighted by Crippen LogP contribution is 2.22. The fourth-order valence-corrected chi connectivity index (χ4v) is 2.19. The smallest absolute Gasteiger partial charge is 0.123 e. The molecular weight excluding hydrogens is 250 g/mol. The topological polar surface area (TPSA) is 42.4 Å². The van der Waals surface area contributed by atoms with Crippen molar-refractivity contribution in [3.63, 3.8) is 0 Å². The predicted octanol–water partition coefficient (Wildman–Crippen LogP) is 3.83. The molecule has 0 amide bonds. The van der Waals surface area contributed by atoms with Gasteiger partial charge in [0.25, 0.3) is 0 Å². The second-order valence-electron chi connectivity index (χ2n) is 4.82. The van der Waals surface area contributed by atoms with Gasteiger partial charge in [0, 0.05) is 17.6 Å². The van der Waals surface area contributed by atoms with Crippen LogP contribution in [-0.4, -0.2) is 10.1 Å². The molecule has 3 aromatic rings. The molecule has 3 heteroatoms. The van der Waals surface area contributed by atoms with Crippen molar-refractivity contribution in [2.75, 3.05) is 0 Å². The molecule has 2 aromatic carbocycles. The Hall–Kier alpha value is -2.55. The number of hydrogen-bond acceptors (Lipinski definition) is 3. The van der Waals surface area contributed by atoms with E-state index in [9.17, 15) is 5.11 Å². The van der Waals surface area contributed by atoms with Gasteiger partial charge in [-0.1, -0.05) is 12.1 Å². The first-order chi connectivity index (χ1) is 9.70. The van der Waals surface area contributed by atoms with Gasteiger partial charge in [0.2, 0.25) is 0 Å². The quantitative estimate of drug-likeness (QED) is 0.782. The zero-order valence-corrected chi connectivity index (χ0v) is 11.2. The largest absolute Gasteiger partial charge is 0.508 e. The molecule has 0 radical (unpaired) electrons. The van der Waals surface area contributed by atoms with Gasteiger partial charge in [0.1, 0.15) is 18.1 Å². The highest BCUT2D eigenvalue weighted by Gasteiger charge is 2.01. The van der Waals surface area contributed by atoms with Gasteiger partial charge in [-0.25, -0.2) is 0 Å². The van der Waals surface area contributed by atoms with Crippen LogP contribution in [0.5, 0.6) is 11.5 Å². The standard InChI is InChI=1S/C17H15NO2/c1-12-7-15(19)10-16(8-12)20-11-13-4-5-17-14(9-13)3-2-6-18-17/h2-10,19H,11H2,1H3. The van der Waals surface area contributed by atoms with Gasteiger partial charge < -0.3 is 9.84 Å². The van der Waals surface area contributed by atoms with Crippen LogP contribution in [0.25, 0.3) is 10.9 Å². The number of benzene rings is 2. The number of pyridine rings is 1. The first-order valence-electron chi connectivity index (χ1n) is 6.48. The molecule has 0 aliphatic rings. The Morgan fingerprint density at radius 1 is 1.10 bits per heavy atom. The lowest BCUT2D eigenvalue weighted by atomic mass is 10.1. The number of hydrogen-bond donors (Lipinski definition) is 1. The number of ether oxygens (including phenoxy) is 1. The van der Waals surface area contributed by atoms with E-state index in [1.54, 1.807) is 18.3 Å². The summed E-state index contributed by atoms with van der Waals surface area (Å²) < 4.78 is 5.72. The molecule has 0 aliphatic heterocycles. The Kier molecular flexibility index (Phi) is 3.25. The molecular formula is C17H15NO2. The Bertz CT molecular complexity index is 733. The molecule has 1 N–H and O–H groups in total. The van der Waals surface area contributed by atoms with Crippen LogP contribution in [-0.2, 0) is 6.61 Å². The molecule has 0 spiro atoms. The third kappa shape index (κ3) is 2.72. The molecule has 0 fully saturated rings. The minimum absolute atomic E-state index is 0.225. The SMILES string of the molecule is Cc1cc(O)cc(OCc2ccc3ncccc3c2)c1. The van der Waals surface area contributed by atoms with Crippen LogP contribution in [0.4, 0.5) is 0 Å². The lowest BCUT2D eigenvalue weighted by Gasteiger charge is -2.08. The number of phenolic OH excluding ortho intramolecular Hbond substituents is 1. The fraction of sp³-hybridized carbons (Fsp3) is 0.118. The van der Waals surface area contributed by atoms with Crippen LogP contribution < -0.4 is 4.74 Å². The number of aromatic hydroxyl groups is 1. The zero-order valence-electron chi connectivity index (χ0n) is 11.2. The Morgan fingerprint density at radius 2 is 2.00 bits per heavy atom. The molecule has 0 bridgehead atoms.